The van der Waals surface area contributed by atoms with E-state index in [4.69, 9.17) is 21.1 Å². The Morgan fingerprint density at radius 1 is 1.10 bits per heavy atom. The number of alkyl halides is 1. The molecule has 0 aliphatic rings. The molecule has 0 saturated carbocycles. The van der Waals surface area contributed by atoms with Crippen molar-refractivity contribution in [3.63, 3.8) is 0 Å². The van der Waals surface area contributed by atoms with E-state index in [2.05, 4.69) is 56.7 Å². The van der Waals surface area contributed by atoms with E-state index in [1.165, 1.54) is 3.57 Å². The average Bonchev–Trinajstić information content (AvgIpc) is 2.46. The van der Waals surface area contributed by atoms with Crippen molar-refractivity contribution in [1.29, 1.82) is 0 Å². The van der Waals surface area contributed by atoms with Gasteiger partial charge in [0.15, 0.2) is 11.5 Å². The molecule has 0 saturated heterocycles. The van der Waals surface area contributed by atoms with E-state index in [0.29, 0.717) is 16.5 Å². The molecule has 0 heterocycles. The van der Waals surface area contributed by atoms with Gasteiger partial charge < -0.3 is 9.47 Å². The highest BCUT2D eigenvalue weighted by atomic mass is 127. The summed E-state index contributed by atoms with van der Waals surface area (Å²) < 4.78 is 11.8. The standard InChI is InChI=1S/C15H13BrClIO2/c1-19-13-7-11(12(17)8-14(13)20-2)15(16)9-4-3-5-10(18)6-9/h3-8,15H,1-2H3. The maximum absolute atomic E-state index is 6.35. The lowest BCUT2D eigenvalue weighted by Crippen LogP contribution is -1.98. The molecule has 1 atom stereocenters. The van der Waals surface area contributed by atoms with Gasteiger partial charge in [-0.05, 0) is 51.9 Å². The van der Waals surface area contributed by atoms with E-state index in [1.807, 2.05) is 12.1 Å². The smallest absolute Gasteiger partial charge is 0.162 e. The van der Waals surface area contributed by atoms with Gasteiger partial charge in [0, 0.05) is 14.7 Å². The number of methoxy groups -OCH3 is 2. The average molecular weight is 468 g/mol. The molecule has 5 heteroatoms. The Kier molecular flexibility index (Phi) is 5.57. The molecule has 0 amide bonds. The lowest BCUT2D eigenvalue weighted by atomic mass is 10.0. The molecule has 2 aromatic rings. The molecule has 2 aromatic carbocycles. The predicted octanol–water partition coefficient (Wildman–Crippen LogP) is 5.45. The van der Waals surface area contributed by atoms with E-state index in [1.54, 1.807) is 20.3 Å². The van der Waals surface area contributed by atoms with Crippen molar-refractivity contribution in [3.05, 3.63) is 56.1 Å². The predicted molar refractivity (Wildman–Crippen MR) is 94.5 cm³/mol. The Bertz CT molecular complexity index is 619. The first-order valence-electron chi connectivity index (χ1n) is 5.87. The van der Waals surface area contributed by atoms with Crippen LogP contribution in [0.3, 0.4) is 0 Å². The van der Waals surface area contributed by atoms with E-state index in [-0.39, 0.29) is 4.83 Å². The largest absolute Gasteiger partial charge is 0.493 e. The normalized spacial score (nSPS) is 12.1. The summed E-state index contributed by atoms with van der Waals surface area (Å²) >= 11 is 12.4. The number of hydrogen-bond donors (Lipinski definition) is 0. The van der Waals surface area contributed by atoms with E-state index in [9.17, 15) is 0 Å². The van der Waals surface area contributed by atoms with Gasteiger partial charge in [-0.3, -0.25) is 0 Å². The maximum Gasteiger partial charge on any atom is 0.162 e. The first kappa shape index (κ1) is 15.9. The lowest BCUT2D eigenvalue weighted by Gasteiger charge is -2.16. The summed E-state index contributed by atoms with van der Waals surface area (Å²) in [4.78, 5) is 0.00419. The minimum atomic E-state index is 0.00419. The molecule has 0 bridgehead atoms. The van der Waals surface area contributed by atoms with E-state index in [0.717, 1.165) is 11.1 Å². The van der Waals surface area contributed by atoms with Crippen molar-refractivity contribution in [3.8, 4) is 11.5 Å². The van der Waals surface area contributed by atoms with Gasteiger partial charge in [-0.25, -0.2) is 0 Å². The summed E-state index contributed by atoms with van der Waals surface area (Å²) in [6.07, 6.45) is 0. The highest BCUT2D eigenvalue weighted by molar-refractivity contribution is 14.1. The summed E-state index contributed by atoms with van der Waals surface area (Å²) in [6, 6.07) is 11.9. The number of benzene rings is 2. The van der Waals surface area contributed by atoms with Crippen molar-refractivity contribution in [2.45, 2.75) is 4.83 Å². The van der Waals surface area contributed by atoms with E-state index >= 15 is 0 Å². The topological polar surface area (TPSA) is 18.5 Å². The summed E-state index contributed by atoms with van der Waals surface area (Å²) in [5, 5.41) is 0.642. The van der Waals surface area contributed by atoms with Gasteiger partial charge in [0.1, 0.15) is 0 Å². The van der Waals surface area contributed by atoms with Crippen molar-refractivity contribution in [2.24, 2.45) is 0 Å². The highest BCUT2D eigenvalue weighted by Crippen LogP contribution is 2.41. The van der Waals surface area contributed by atoms with Gasteiger partial charge in [0.25, 0.3) is 0 Å². The summed E-state index contributed by atoms with van der Waals surface area (Å²) in [5.74, 6) is 1.30. The molecule has 106 valence electrons. The van der Waals surface area contributed by atoms with Crippen LogP contribution in [-0.4, -0.2) is 14.2 Å². The Morgan fingerprint density at radius 2 is 1.75 bits per heavy atom. The van der Waals surface area contributed by atoms with Crippen molar-refractivity contribution in [1.82, 2.24) is 0 Å². The third-order valence-corrected chi connectivity index (χ3v) is 4.94. The molecule has 20 heavy (non-hydrogen) atoms. The zero-order valence-electron chi connectivity index (χ0n) is 11.0. The van der Waals surface area contributed by atoms with Gasteiger partial charge in [-0.15, -0.1) is 0 Å². The Balaban J connectivity index is 2.46. The van der Waals surface area contributed by atoms with Gasteiger partial charge in [-0.1, -0.05) is 39.7 Å². The molecule has 0 aliphatic carbocycles. The van der Waals surface area contributed by atoms with Crippen LogP contribution in [0.5, 0.6) is 11.5 Å². The molecule has 1 unspecified atom stereocenters. The van der Waals surface area contributed by atoms with Crippen LogP contribution in [0.2, 0.25) is 5.02 Å². The summed E-state index contributed by atoms with van der Waals surface area (Å²) in [6.45, 7) is 0. The zero-order chi connectivity index (χ0) is 14.7. The number of halogens is 3. The number of ether oxygens (including phenoxy) is 2. The molecule has 0 N–H and O–H groups in total. The molecule has 0 fully saturated rings. The monoisotopic (exact) mass is 466 g/mol. The number of hydrogen-bond acceptors (Lipinski definition) is 2. The molecule has 0 radical (unpaired) electrons. The molecule has 2 rings (SSSR count). The highest BCUT2D eigenvalue weighted by Gasteiger charge is 2.18. The Morgan fingerprint density at radius 3 is 2.35 bits per heavy atom. The second-order valence-electron chi connectivity index (χ2n) is 4.15. The minimum Gasteiger partial charge on any atom is -0.493 e. The van der Waals surface area contributed by atoms with Gasteiger partial charge in [0.2, 0.25) is 0 Å². The van der Waals surface area contributed by atoms with Crippen LogP contribution < -0.4 is 9.47 Å². The molecular weight excluding hydrogens is 454 g/mol. The molecule has 0 aliphatic heterocycles. The van der Waals surface area contributed by atoms with Crippen LogP contribution in [0.25, 0.3) is 0 Å². The quantitative estimate of drug-likeness (QED) is 0.440. The van der Waals surface area contributed by atoms with Gasteiger partial charge in [-0.2, -0.15) is 0 Å². The lowest BCUT2D eigenvalue weighted by molar-refractivity contribution is 0.354. The second kappa shape index (κ2) is 7.00. The molecule has 2 nitrogen and oxygen atoms in total. The molecule has 0 aromatic heterocycles. The van der Waals surface area contributed by atoms with Crippen LogP contribution in [0.15, 0.2) is 36.4 Å². The first-order valence-corrected chi connectivity index (χ1v) is 8.25. The second-order valence-corrected chi connectivity index (χ2v) is 6.71. The van der Waals surface area contributed by atoms with Gasteiger partial charge >= 0.3 is 0 Å². The third-order valence-electron chi connectivity index (χ3n) is 2.92. The molecular formula is C15H13BrClIO2. The molecule has 0 spiro atoms. The summed E-state index contributed by atoms with van der Waals surface area (Å²) in [5.41, 5.74) is 2.09. The Labute approximate surface area is 145 Å². The van der Waals surface area contributed by atoms with Gasteiger partial charge in [0.05, 0.1) is 19.0 Å². The van der Waals surface area contributed by atoms with Crippen molar-refractivity contribution in [2.75, 3.05) is 14.2 Å². The first-order chi connectivity index (χ1) is 9.56. The zero-order valence-corrected chi connectivity index (χ0v) is 15.5. The fraction of sp³-hybridized carbons (Fsp3) is 0.200. The van der Waals surface area contributed by atoms with Crippen molar-refractivity contribution >= 4 is 50.1 Å². The third kappa shape index (κ3) is 3.40. The maximum atomic E-state index is 6.35. The summed E-state index contributed by atoms with van der Waals surface area (Å²) in [7, 11) is 3.21. The van der Waals surface area contributed by atoms with E-state index < -0.39 is 0 Å². The fourth-order valence-corrected chi connectivity index (χ4v) is 3.53. The minimum absolute atomic E-state index is 0.00419. The van der Waals surface area contributed by atoms with Crippen LogP contribution in [-0.2, 0) is 0 Å². The fourth-order valence-electron chi connectivity index (χ4n) is 1.91. The Hall–Kier alpha value is -0.460. The van der Waals surface area contributed by atoms with Crippen LogP contribution in [0, 0.1) is 3.57 Å². The SMILES string of the molecule is COc1cc(Cl)c(C(Br)c2cccc(I)c2)cc1OC. The van der Waals surface area contributed by atoms with Crippen LogP contribution in [0.4, 0.5) is 0 Å². The number of rotatable bonds is 4. The van der Waals surface area contributed by atoms with Crippen LogP contribution >= 0.6 is 50.1 Å². The van der Waals surface area contributed by atoms with Crippen LogP contribution in [0.1, 0.15) is 16.0 Å². The van der Waals surface area contributed by atoms with Crippen molar-refractivity contribution < 1.29 is 9.47 Å².